The smallest absolute Gasteiger partial charge is 0.220 e. The molecule has 0 radical (unpaired) electrons. The number of rotatable bonds is 9. The zero-order chi connectivity index (χ0) is 20.5. The number of ether oxygens (including phenoxy) is 2. The zero-order valence-electron chi connectivity index (χ0n) is 17.0. The third-order valence-electron chi connectivity index (χ3n) is 5.09. The van der Waals surface area contributed by atoms with E-state index in [0.717, 1.165) is 45.2 Å². The standard InChI is InChI=1S/C18H31N5O5S/c1-19-18(20-5-2-10-26-13-16-3-11-27-14-16)22-6-8-23(9-7-22)29(24,25)15-17-4-12-28-21-17/h4,12,16H,2-3,5-11,13-15H2,1H3,(H,19,20). The van der Waals surface area contributed by atoms with Crippen molar-refractivity contribution in [3.8, 4) is 0 Å². The molecule has 1 aromatic heterocycles. The second-order valence-corrected chi connectivity index (χ2v) is 9.23. The molecule has 2 aliphatic rings. The number of aliphatic imine (C=N–C) groups is 1. The minimum atomic E-state index is -3.40. The lowest BCUT2D eigenvalue weighted by Crippen LogP contribution is -2.54. The first-order chi connectivity index (χ1) is 14.1. The summed E-state index contributed by atoms with van der Waals surface area (Å²) in [5, 5.41) is 7.03. The van der Waals surface area contributed by atoms with Crippen molar-refractivity contribution in [2.75, 3.05) is 66.2 Å². The Balaban J connectivity index is 1.34. The van der Waals surface area contributed by atoms with Crippen LogP contribution in [0.3, 0.4) is 0 Å². The Bertz CT molecular complexity index is 726. The SMILES string of the molecule is CN=C(NCCCOCC1CCOC1)N1CCN(S(=O)(=O)Cc2ccon2)CC1. The molecular formula is C18H31N5O5S. The number of hydrogen-bond donors (Lipinski definition) is 1. The second-order valence-electron chi connectivity index (χ2n) is 7.27. The molecular weight excluding hydrogens is 398 g/mol. The summed E-state index contributed by atoms with van der Waals surface area (Å²) in [7, 11) is -1.66. The number of hydrogen-bond acceptors (Lipinski definition) is 7. The van der Waals surface area contributed by atoms with Crippen LogP contribution in [0.2, 0.25) is 0 Å². The largest absolute Gasteiger partial charge is 0.381 e. The average Bonchev–Trinajstić information content (AvgIpc) is 3.41. The molecule has 1 N–H and O–H groups in total. The van der Waals surface area contributed by atoms with Gasteiger partial charge in [-0.25, -0.2) is 8.42 Å². The van der Waals surface area contributed by atoms with Gasteiger partial charge in [0.05, 0.1) is 18.9 Å². The maximum Gasteiger partial charge on any atom is 0.220 e. The quantitative estimate of drug-likeness (QED) is 0.335. The number of nitrogens with zero attached hydrogens (tertiary/aromatic N) is 4. The summed E-state index contributed by atoms with van der Waals surface area (Å²) in [4.78, 5) is 6.41. The first kappa shape index (κ1) is 22.0. The first-order valence-corrected chi connectivity index (χ1v) is 11.7. The normalized spacial score (nSPS) is 21.6. The monoisotopic (exact) mass is 429 g/mol. The molecule has 3 heterocycles. The van der Waals surface area contributed by atoms with Gasteiger partial charge in [-0.1, -0.05) is 5.16 Å². The molecule has 0 aliphatic carbocycles. The number of piperazine rings is 1. The predicted octanol–water partition coefficient (Wildman–Crippen LogP) is 0.141. The van der Waals surface area contributed by atoms with Crippen LogP contribution in [0, 0.1) is 5.92 Å². The van der Waals surface area contributed by atoms with E-state index in [2.05, 4.69) is 20.4 Å². The van der Waals surface area contributed by atoms with Gasteiger partial charge < -0.3 is 24.2 Å². The lowest BCUT2D eigenvalue weighted by Gasteiger charge is -2.35. The van der Waals surface area contributed by atoms with E-state index < -0.39 is 10.0 Å². The fourth-order valence-electron chi connectivity index (χ4n) is 3.44. The van der Waals surface area contributed by atoms with Crippen molar-refractivity contribution in [3.63, 3.8) is 0 Å². The average molecular weight is 430 g/mol. The fraction of sp³-hybridized carbons (Fsp3) is 0.778. The molecule has 0 aromatic carbocycles. The Morgan fingerprint density at radius 2 is 2.21 bits per heavy atom. The summed E-state index contributed by atoms with van der Waals surface area (Å²) >= 11 is 0. The number of nitrogens with one attached hydrogen (secondary N) is 1. The van der Waals surface area contributed by atoms with E-state index in [0.29, 0.717) is 44.4 Å². The Morgan fingerprint density at radius 1 is 1.38 bits per heavy atom. The summed E-state index contributed by atoms with van der Waals surface area (Å²) in [6, 6.07) is 1.57. The van der Waals surface area contributed by atoms with Gasteiger partial charge in [0.2, 0.25) is 10.0 Å². The number of aromatic nitrogens is 1. The molecule has 0 bridgehead atoms. The lowest BCUT2D eigenvalue weighted by atomic mass is 10.1. The van der Waals surface area contributed by atoms with Crippen LogP contribution in [-0.2, 0) is 25.2 Å². The summed E-state index contributed by atoms with van der Waals surface area (Å²) in [5.74, 6) is 1.19. The van der Waals surface area contributed by atoms with Gasteiger partial charge in [0, 0.05) is 65.0 Å². The number of guanidine groups is 1. The van der Waals surface area contributed by atoms with Crippen LogP contribution >= 0.6 is 0 Å². The van der Waals surface area contributed by atoms with Crippen LogP contribution in [0.4, 0.5) is 0 Å². The molecule has 3 rings (SSSR count). The molecule has 1 aromatic rings. The van der Waals surface area contributed by atoms with Crippen LogP contribution in [0.25, 0.3) is 0 Å². The van der Waals surface area contributed by atoms with Crippen molar-refractivity contribution in [3.05, 3.63) is 18.0 Å². The van der Waals surface area contributed by atoms with E-state index in [9.17, 15) is 8.42 Å². The van der Waals surface area contributed by atoms with Gasteiger partial charge in [-0.2, -0.15) is 4.31 Å². The highest BCUT2D eigenvalue weighted by atomic mass is 32.2. The van der Waals surface area contributed by atoms with Gasteiger partial charge in [-0.15, -0.1) is 0 Å². The van der Waals surface area contributed by atoms with Crippen LogP contribution in [0.15, 0.2) is 21.8 Å². The van der Waals surface area contributed by atoms with E-state index in [1.807, 2.05) is 0 Å². The summed E-state index contributed by atoms with van der Waals surface area (Å²) < 4.78 is 42.3. The van der Waals surface area contributed by atoms with Crippen molar-refractivity contribution in [2.45, 2.75) is 18.6 Å². The first-order valence-electron chi connectivity index (χ1n) is 10.1. The lowest BCUT2D eigenvalue weighted by molar-refractivity contribution is 0.0887. The van der Waals surface area contributed by atoms with Crippen LogP contribution in [0.1, 0.15) is 18.5 Å². The molecule has 0 saturated carbocycles. The molecule has 2 fully saturated rings. The molecule has 1 unspecified atom stereocenters. The highest BCUT2D eigenvalue weighted by Gasteiger charge is 2.28. The maximum absolute atomic E-state index is 12.5. The minimum Gasteiger partial charge on any atom is -0.381 e. The van der Waals surface area contributed by atoms with E-state index in [1.165, 1.54) is 10.6 Å². The maximum atomic E-state index is 12.5. The Kier molecular flexibility index (Phi) is 8.28. The molecule has 10 nitrogen and oxygen atoms in total. The van der Waals surface area contributed by atoms with Crippen molar-refractivity contribution < 1.29 is 22.4 Å². The van der Waals surface area contributed by atoms with Gasteiger partial charge in [0.15, 0.2) is 5.96 Å². The van der Waals surface area contributed by atoms with Gasteiger partial charge in [-0.05, 0) is 12.8 Å². The number of sulfonamides is 1. The Hall–Kier alpha value is -1.69. The van der Waals surface area contributed by atoms with Gasteiger partial charge in [-0.3, -0.25) is 4.99 Å². The second kappa shape index (κ2) is 10.9. The molecule has 2 aliphatic heterocycles. The summed E-state index contributed by atoms with van der Waals surface area (Å²) in [5.41, 5.74) is 0.424. The van der Waals surface area contributed by atoms with Crippen LogP contribution in [0.5, 0.6) is 0 Å². The van der Waals surface area contributed by atoms with Crippen molar-refractivity contribution >= 4 is 16.0 Å². The van der Waals surface area contributed by atoms with E-state index >= 15 is 0 Å². The van der Waals surface area contributed by atoms with Gasteiger partial charge in [0.1, 0.15) is 12.0 Å². The Morgan fingerprint density at radius 3 is 2.86 bits per heavy atom. The molecule has 2 saturated heterocycles. The van der Waals surface area contributed by atoms with Crippen molar-refractivity contribution in [1.82, 2.24) is 19.7 Å². The third-order valence-corrected chi connectivity index (χ3v) is 6.90. The van der Waals surface area contributed by atoms with E-state index in [4.69, 9.17) is 14.0 Å². The highest BCUT2D eigenvalue weighted by molar-refractivity contribution is 7.88. The van der Waals surface area contributed by atoms with Crippen LogP contribution in [-0.4, -0.2) is 94.9 Å². The predicted molar refractivity (Wildman–Crippen MR) is 108 cm³/mol. The minimum absolute atomic E-state index is 0.135. The topological polar surface area (TPSA) is 110 Å². The molecule has 0 spiro atoms. The highest BCUT2D eigenvalue weighted by Crippen LogP contribution is 2.13. The summed E-state index contributed by atoms with van der Waals surface area (Å²) in [6.07, 6.45) is 3.36. The van der Waals surface area contributed by atoms with E-state index in [1.54, 1.807) is 13.1 Å². The van der Waals surface area contributed by atoms with Gasteiger partial charge in [0.25, 0.3) is 0 Å². The third kappa shape index (κ3) is 6.66. The Labute approximate surface area is 172 Å². The zero-order valence-corrected chi connectivity index (χ0v) is 17.8. The van der Waals surface area contributed by atoms with Crippen molar-refractivity contribution in [2.24, 2.45) is 10.9 Å². The summed E-state index contributed by atoms with van der Waals surface area (Å²) in [6.45, 7) is 5.92. The molecule has 164 valence electrons. The molecule has 1 atom stereocenters. The van der Waals surface area contributed by atoms with Gasteiger partial charge >= 0.3 is 0 Å². The molecule has 29 heavy (non-hydrogen) atoms. The van der Waals surface area contributed by atoms with Crippen LogP contribution < -0.4 is 5.32 Å². The molecule has 11 heteroatoms. The van der Waals surface area contributed by atoms with Crippen molar-refractivity contribution in [1.29, 1.82) is 0 Å². The van der Waals surface area contributed by atoms with E-state index in [-0.39, 0.29) is 5.75 Å². The fourth-order valence-corrected chi connectivity index (χ4v) is 4.86. The molecule has 0 amide bonds.